The van der Waals surface area contributed by atoms with Crippen LogP contribution < -0.4 is 16.0 Å². The number of carboxylic acids is 3. The van der Waals surface area contributed by atoms with Crippen molar-refractivity contribution < 1.29 is 39.3 Å². The second kappa shape index (κ2) is 11.6. The van der Waals surface area contributed by atoms with Gasteiger partial charge in [-0.1, -0.05) is 32.6 Å². The molecule has 1 fully saturated rings. The monoisotopic (exact) mass is 447 g/mol. The third-order valence-electron chi connectivity index (χ3n) is 4.67. The van der Waals surface area contributed by atoms with E-state index in [-0.39, 0.29) is 12.8 Å². The Morgan fingerprint density at radius 3 is 2.17 bits per heavy atom. The molecule has 170 valence electrons. The number of nitrogens with one attached hydrogen (secondary N) is 3. The van der Waals surface area contributed by atoms with Crippen LogP contribution in [0, 0.1) is 0 Å². The van der Waals surface area contributed by atoms with Gasteiger partial charge in [0.05, 0.1) is 0 Å². The molecule has 11 nitrogen and oxygen atoms in total. The summed E-state index contributed by atoms with van der Waals surface area (Å²) in [5, 5.41) is 33.4. The van der Waals surface area contributed by atoms with Gasteiger partial charge in [0, 0.05) is 6.42 Å². The smallest absolute Gasteiger partial charge is 0.326 e. The zero-order chi connectivity index (χ0) is 22.9. The molecule has 3 amide bonds. The predicted octanol–water partition coefficient (Wildman–Crippen LogP) is 0.975. The molecule has 1 rings (SSSR count). The Labute approximate surface area is 178 Å². The van der Waals surface area contributed by atoms with Gasteiger partial charge in [-0.05, 0) is 19.8 Å². The van der Waals surface area contributed by atoms with Crippen molar-refractivity contribution in [3.05, 3.63) is 0 Å². The van der Waals surface area contributed by atoms with Gasteiger partial charge in [0.25, 0.3) is 0 Å². The average molecular weight is 448 g/mol. The van der Waals surface area contributed by atoms with E-state index in [1.54, 1.807) is 0 Å². The number of unbranched alkanes of at least 4 members (excludes halogenated alkanes) is 3. The molecule has 0 radical (unpaired) electrons. The van der Waals surface area contributed by atoms with Crippen LogP contribution in [0.15, 0.2) is 0 Å². The second-order valence-corrected chi connectivity index (χ2v) is 8.63. The summed E-state index contributed by atoms with van der Waals surface area (Å²) >= 11 is 0.927. The van der Waals surface area contributed by atoms with Crippen molar-refractivity contribution in [2.24, 2.45) is 0 Å². The van der Waals surface area contributed by atoms with Gasteiger partial charge < -0.3 is 31.3 Å². The van der Waals surface area contributed by atoms with Crippen LogP contribution in [0.4, 0.5) is 4.79 Å². The lowest BCUT2D eigenvalue weighted by molar-refractivity contribution is -0.142. The van der Waals surface area contributed by atoms with Crippen LogP contribution in [0.1, 0.15) is 58.8 Å². The standard InChI is InChI=1S/C18H29N3O8S/c1-3-4-5-6-7-11(15(25)26)20-12(22)8-9-18(13(30-18)16(27)28)21-17(29)19-10(2)14(23)24/h10-11,13H,3-9H2,1-2H3,(H,20,22)(H,23,24)(H,25,26)(H,27,28)(H2,19,21,29)/t10?,11-,13?,18-/m0/s1. The van der Waals surface area contributed by atoms with Gasteiger partial charge in [0.15, 0.2) is 0 Å². The molecule has 1 aliphatic heterocycles. The SMILES string of the molecule is CCCCCC[C@H](NC(=O)CC[C@]1(NC(=O)NC(C)C(=O)O)SC1C(=O)O)C(=O)O. The highest BCUT2D eigenvalue weighted by Gasteiger charge is 2.61. The fourth-order valence-corrected chi connectivity index (χ4v) is 3.96. The highest BCUT2D eigenvalue weighted by molar-refractivity contribution is 8.09. The van der Waals surface area contributed by atoms with Crippen molar-refractivity contribution in [1.29, 1.82) is 0 Å². The minimum Gasteiger partial charge on any atom is -0.480 e. The number of thioether (sulfide) groups is 1. The Morgan fingerprint density at radius 2 is 1.67 bits per heavy atom. The van der Waals surface area contributed by atoms with Crippen LogP contribution in [0.2, 0.25) is 0 Å². The topological polar surface area (TPSA) is 182 Å². The molecule has 12 heteroatoms. The van der Waals surface area contributed by atoms with Crippen LogP contribution >= 0.6 is 11.8 Å². The maximum atomic E-state index is 12.2. The molecule has 1 aliphatic rings. The van der Waals surface area contributed by atoms with E-state index in [0.29, 0.717) is 12.8 Å². The number of urea groups is 1. The molecule has 0 aliphatic carbocycles. The van der Waals surface area contributed by atoms with E-state index in [2.05, 4.69) is 16.0 Å². The average Bonchev–Trinajstić information content (AvgIpc) is 3.36. The Morgan fingerprint density at radius 1 is 1.00 bits per heavy atom. The van der Waals surface area contributed by atoms with E-state index in [4.69, 9.17) is 5.11 Å². The largest absolute Gasteiger partial charge is 0.480 e. The molecule has 0 aromatic heterocycles. The summed E-state index contributed by atoms with van der Waals surface area (Å²) in [6.07, 6.45) is 3.57. The van der Waals surface area contributed by atoms with E-state index in [1.807, 2.05) is 6.92 Å². The summed E-state index contributed by atoms with van der Waals surface area (Å²) in [5.74, 6) is -4.13. The number of aliphatic carboxylic acids is 3. The first-order valence-electron chi connectivity index (χ1n) is 9.76. The molecular weight excluding hydrogens is 418 g/mol. The maximum absolute atomic E-state index is 12.2. The van der Waals surface area contributed by atoms with Gasteiger partial charge in [0.2, 0.25) is 5.91 Å². The van der Waals surface area contributed by atoms with Gasteiger partial charge in [-0.25, -0.2) is 9.59 Å². The Kier molecular flexibility index (Phi) is 9.90. The van der Waals surface area contributed by atoms with Crippen molar-refractivity contribution in [3.63, 3.8) is 0 Å². The van der Waals surface area contributed by atoms with E-state index in [9.17, 15) is 34.2 Å². The molecule has 6 N–H and O–H groups in total. The van der Waals surface area contributed by atoms with Crippen molar-refractivity contribution in [1.82, 2.24) is 16.0 Å². The summed E-state index contributed by atoms with van der Waals surface area (Å²) < 4.78 is 0. The van der Waals surface area contributed by atoms with Crippen molar-refractivity contribution in [3.8, 4) is 0 Å². The van der Waals surface area contributed by atoms with Crippen LogP contribution in [0.5, 0.6) is 0 Å². The number of rotatable bonds is 14. The summed E-state index contributed by atoms with van der Waals surface area (Å²) in [5.41, 5.74) is 0. The predicted molar refractivity (Wildman–Crippen MR) is 108 cm³/mol. The minimum atomic E-state index is -1.26. The maximum Gasteiger partial charge on any atom is 0.326 e. The lowest BCUT2D eigenvalue weighted by Crippen LogP contribution is -2.51. The Balaban J connectivity index is 2.61. The molecule has 1 heterocycles. The molecule has 2 unspecified atom stereocenters. The van der Waals surface area contributed by atoms with Crippen LogP contribution in [0.3, 0.4) is 0 Å². The normalized spacial score (nSPS) is 21.7. The molecule has 0 aromatic carbocycles. The summed E-state index contributed by atoms with van der Waals surface area (Å²) in [6, 6.07) is -3.07. The number of amides is 3. The number of hydrogen-bond donors (Lipinski definition) is 6. The van der Waals surface area contributed by atoms with Crippen molar-refractivity contribution >= 4 is 41.6 Å². The molecule has 0 aromatic rings. The third kappa shape index (κ3) is 8.09. The van der Waals surface area contributed by atoms with Crippen LogP contribution in [0.25, 0.3) is 0 Å². The Hall–Kier alpha value is -2.50. The number of hydrogen-bond acceptors (Lipinski definition) is 6. The molecule has 0 saturated carbocycles. The van der Waals surface area contributed by atoms with E-state index in [0.717, 1.165) is 31.0 Å². The quantitative estimate of drug-likeness (QED) is 0.167. The lowest BCUT2D eigenvalue weighted by atomic mass is 10.1. The zero-order valence-corrected chi connectivity index (χ0v) is 17.8. The summed E-state index contributed by atoms with van der Waals surface area (Å²) in [6.45, 7) is 3.28. The first-order chi connectivity index (χ1) is 14.0. The van der Waals surface area contributed by atoms with E-state index in [1.165, 1.54) is 6.92 Å². The minimum absolute atomic E-state index is 0.0441. The number of carbonyl (C=O) groups excluding carboxylic acids is 2. The molecular formula is C18H29N3O8S. The first-order valence-corrected chi connectivity index (χ1v) is 10.6. The molecule has 4 atom stereocenters. The summed E-state index contributed by atoms with van der Waals surface area (Å²) in [7, 11) is 0. The fraction of sp³-hybridized carbons (Fsp3) is 0.722. The number of carboxylic acid groups (broad SMARTS) is 3. The molecule has 1 saturated heterocycles. The Bertz CT molecular complexity index is 674. The van der Waals surface area contributed by atoms with E-state index >= 15 is 0 Å². The van der Waals surface area contributed by atoms with Crippen molar-refractivity contribution in [2.75, 3.05) is 0 Å². The first kappa shape index (κ1) is 25.5. The third-order valence-corrected chi connectivity index (χ3v) is 6.21. The van der Waals surface area contributed by atoms with Gasteiger partial charge in [-0.3, -0.25) is 14.4 Å². The molecule has 0 spiro atoms. The fourth-order valence-electron chi connectivity index (χ4n) is 2.86. The van der Waals surface area contributed by atoms with Gasteiger partial charge >= 0.3 is 23.9 Å². The lowest BCUT2D eigenvalue weighted by Gasteiger charge is -2.19. The van der Waals surface area contributed by atoms with E-state index < -0.39 is 52.1 Å². The zero-order valence-electron chi connectivity index (χ0n) is 17.0. The molecule has 30 heavy (non-hydrogen) atoms. The number of carbonyl (C=O) groups is 5. The van der Waals surface area contributed by atoms with Crippen LogP contribution in [-0.4, -0.2) is 67.4 Å². The van der Waals surface area contributed by atoms with Crippen molar-refractivity contribution in [2.45, 2.75) is 81.0 Å². The summed E-state index contributed by atoms with van der Waals surface area (Å²) in [4.78, 5) is 56.4. The highest BCUT2D eigenvalue weighted by Crippen LogP contribution is 2.54. The van der Waals surface area contributed by atoms with Gasteiger partial charge in [-0.2, -0.15) is 0 Å². The van der Waals surface area contributed by atoms with Crippen LogP contribution in [-0.2, 0) is 19.2 Å². The highest BCUT2D eigenvalue weighted by atomic mass is 32.2. The second-order valence-electron chi connectivity index (χ2n) is 7.19. The van der Waals surface area contributed by atoms with Gasteiger partial charge in [0.1, 0.15) is 22.2 Å². The van der Waals surface area contributed by atoms with Gasteiger partial charge in [-0.15, -0.1) is 11.8 Å². The molecule has 0 bridgehead atoms.